The van der Waals surface area contributed by atoms with Crippen molar-refractivity contribution in [1.29, 1.82) is 0 Å². The van der Waals surface area contributed by atoms with E-state index in [2.05, 4.69) is 183 Å². The van der Waals surface area contributed by atoms with Crippen LogP contribution in [0.1, 0.15) is 50.7 Å². The first-order valence-electron chi connectivity index (χ1n) is 23.5. The maximum Gasteiger partial charge on any atom is 0.0160 e. The molecular weight excluding hydrogens is 1070 g/mol. The van der Waals surface area contributed by atoms with Gasteiger partial charge in [0.25, 0.3) is 0 Å². The third-order valence-electron chi connectivity index (χ3n) is 13.8. The van der Waals surface area contributed by atoms with Gasteiger partial charge in [0.05, 0.1) is 0 Å². The van der Waals surface area contributed by atoms with E-state index >= 15 is 0 Å². The summed E-state index contributed by atoms with van der Waals surface area (Å²) < 4.78 is 11.0. The van der Waals surface area contributed by atoms with Crippen molar-refractivity contribution in [3.8, 4) is 50.6 Å². The maximum atomic E-state index is 6.82. The normalized spacial score (nSPS) is 13.9. The van der Waals surface area contributed by atoms with Crippen LogP contribution in [-0.4, -0.2) is 35.9 Å². The van der Waals surface area contributed by atoms with E-state index in [0.717, 1.165) is 61.2 Å². The van der Waals surface area contributed by atoms with E-state index in [1.54, 1.807) is 15.8 Å². The summed E-state index contributed by atoms with van der Waals surface area (Å²) in [5.41, 5.74) is 15.5. The van der Waals surface area contributed by atoms with Crippen LogP contribution in [0.4, 0.5) is 0 Å². The fourth-order valence-corrected chi connectivity index (χ4v) is 28.0. The smallest absolute Gasteiger partial charge is 0.0160 e. The standard InChI is InChI=1S/C49H49GeN2OSi.C11H8N.Ir/c1-31(2)40-27-36(35-22-24-42-46(30-35)54(7,8)26-25-50(42,5)6)28-41(32(3)4)47(40)52-44-20-13-12-19-43(44)51-49(52)39-18-14-17-38-37-23-21-34(29-45(37)53-48(38)39)33-15-10-9-11-16-33;1-2-6-10(7-3-1)11-8-4-5-9-12-11;/h9-17,19-24,27-32H,25-26H2,1-8H3;1-6,8-9H;/q2*-1;. The summed E-state index contributed by atoms with van der Waals surface area (Å²) in [4.78, 5) is 9.60. The summed E-state index contributed by atoms with van der Waals surface area (Å²) >= 11 is -2.00. The molecule has 0 aliphatic carbocycles. The first-order chi connectivity index (χ1) is 31.9. The molecule has 0 amide bonds. The number of fused-ring (bicyclic) bond motifs is 5. The van der Waals surface area contributed by atoms with E-state index in [1.165, 1.54) is 44.8 Å². The largest absolute Gasteiger partial charge is 0.305 e. The van der Waals surface area contributed by atoms with E-state index in [4.69, 9.17) is 9.40 Å². The van der Waals surface area contributed by atoms with Crippen molar-refractivity contribution in [2.75, 3.05) is 0 Å². The molecule has 0 N–H and O–H groups in total. The molecule has 0 bridgehead atoms. The third kappa shape index (κ3) is 8.86. The van der Waals surface area contributed by atoms with Crippen molar-refractivity contribution in [1.82, 2.24) is 14.5 Å². The molecule has 0 fully saturated rings. The van der Waals surface area contributed by atoms with Gasteiger partial charge in [-0.15, -0.1) is 48.0 Å². The summed E-state index contributed by atoms with van der Waals surface area (Å²) in [6.07, 6.45) is 1.79. The van der Waals surface area contributed by atoms with Gasteiger partial charge in [-0.05, 0) is 29.0 Å². The van der Waals surface area contributed by atoms with E-state index in [9.17, 15) is 0 Å². The Morgan fingerprint density at radius 2 is 1.36 bits per heavy atom. The summed E-state index contributed by atoms with van der Waals surface area (Å²) in [6, 6.07) is 64.1. The van der Waals surface area contributed by atoms with Crippen molar-refractivity contribution in [2.45, 2.75) is 75.4 Å². The van der Waals surface area contributed by atoms with Crippen molar-refractivity contribution in [3.05, 3.63) is 187 Å². The number of para-hydroxylation sites is 2. The molecule has 337 valence electrons. The number of furan rings is 1. The molecule has 11 rings (SSSR count). The second-order valence-corrected chi connectivity index (χ2v) is 34.8. The average molecular weight is 1130 g/mol. The van der Waals surface area contributed by atoms with Gasteiger partial charge in [0.2, 0.25) is 0 Å². The van der Waals surface area contributed by atoms with Crippen LogP contribution in [0.15, 0.2) is 168 Å². The Bertz CT molecular complexity index is 3310. The summed E-state index contributed by atoms with van der Waals surface area (Å²) in [5.74, 6) is 6.65. The molecule has 1 aliphatic heterocycles. The van der Waals surface area contributed by atoms with Crippen molar-refractivity contribution < 1.29 is 24.5 Å². The van der Waals surface area contributed by atoms with E-state index in [-0.39, 0.29) is 31.9 Å². The van der Waals surface area contributed by atoms with Gasteiger partial charge in [0, 0.05) is 31.7 Å². The Hall–Kier alpha value is -5.63. The van der Waals surface area contributed by atoms with Gasteiger partial charge >= 0.3 is 226 Å². The zero-order valence-corrected chi connectivity index (χ0v) is 45.2. The molecule has 1 radical (unpaired) electrons. The van der Waals surface area contributed by atoms with Gasteiger partial charge in [-0.1, -0.05) is 66.0 Å². The minimum atomic E-state index is -2.00. The Labute approximate surface area is 413 Å². The average Bonchev–Trinajstić information content (AvgIpc) is 3.92. The maximum absolute atomic E-state index is 6.82. The van der Waals surface area contributed by atoms with Crippen LogP contribution in [-0.2, 0) is 20.1 Å². The van der Waals surface area contributed by atoms with Crippen LogP contribution in [0.2, 0.25) is 35.9 Å². The van der Waals surface area contributed by atoms with Crippen molar-refractivity contribution >= 4 is 63.9 Å². The molecule has 7 aromatic carbocycles. The van der Waals surface area contributed by atoms with Crippen LogP contribution < -0.4 is 9.58 Å². The van der Waals surface area contributed by atoms with E-state index in [1.807, 2.05) is 48.5 Å². The second-order valence-electron chi connectivity index (χ2n) is 19.9. The fourth-order valence-electron chi connectivity index (χ4n) is 9.97. The van der Waals surface area contributed by atoms with E-state index < -0.39 is 21.3 Å². The van der Waals surface area contributed by atoms with Crippen LogP contribution in [0.5, 0.6) is 0 Å². The molecule has 3 aromatic heterocycles. The predicted octanol–water partition coefficient (Wildman–Crippen LogP) is 15.4. The van der Waals surface area contributed by atoms with Gasteiger partial charge in [-0.25, -0.2) is 0 Å². The molecule has 0 spiro atoms. The number of aromatic nitrogens is 3. The van der Waals surface area contributed by atoms with Crippen LogP contribution in [0.3, 0.4) is 0 Å². The zero-order valence-electron chi connectivity index (χ0n) is 39.7. The Kier molecular flexibility index (Phi) is 13.0. The molecular formula is C60H57GeIrN3OSi-2. The van der Waals surface area contributed by atoms with Crippen molar-refractivity contribution in [2.24, 2.45) is 0 Å². The molecule has 1 aliphatic rings. The number of nitrogens with zero attached hydrogens (tertiary/aromatic N) is 3. The van der Waals surface area contributed by atoms with Gasteiger partial charge in [-0.2, -0.15) is 0 Å². The minimum absolute atomic E-state index is 0. The number of rotatable bonds is 7. The number of pyridine rings is 1. The molecule has 4 heterocycles. The Balaban J connectivity index is 0.000000375. The van der Waals surface area contributed by atoms with Crippen molar-refractivity contribution in [3.63, 3.8) is 0 Å². The van der Waals surface area contributed by atoms with Gasteiger partial charge < -0.3 is 9.40 Å². The van der Waals surface area contributed by atoms with Gasteiger partial charge in [0.15, 0.2) is 0 Å². The molecule has 0 unspecified atom stereocenters. The van der Waals surface area contributed by atoms with Gasteiger partial charge in [-0.3, -0.25) is 0 Å². The first-order valence-corrected chi connectivity index (χ1v) is 33.4. The van der Waals surface area contributed by atoms with Gasteiger partial charge in [0.1, 0.15) is 5.58 Å². The predicted molar refractivity (Wildman–Crippen MR) is 284 cm³/mol. The zero-order chi connectivity index (χ0) is 45.7. The summed E-state index contributed by atoms with van der Waals surface area (Å²) in [6.45, 7) is 14.5. The van der Waals surface area contributed by atoms with Crippen LogP contribution in [0.25, 0.3) is 83.6 Å². The Morgan fingerprint density at radius 3 is 2.07 bits per heavy atom. The monoisotopic (exact) mass is 1130 g/mol. The fraction of sp³-hybridized carbons (Fsp3) is 0.200. The molecule has 0 saturated carbocycles. The minimum Gasteiger partial charge on any atom is -0.305 e. The number of hydrogen-bond donors (Lipinski definition) is 0. The number of imidazole rings is 1. The van der Waals surface area contributed by atoms with Crippen LogP contribution in [0, 0.1) is 12.1 Å². The Morgan fingerprint density at radius 1 is 0.657 bits per heavy atom. The molecule has 4 nitrogen and oxygen atoms in total. The number of benzene rings is 7. The first kappa shape index (κ1) is 46.5. The number of hydrogen-bond acceptors (Lipinski definition) is 3. The molecule has 67 heavy (non-hydrogen) atoms. The summed E-state index contributed by atoms with van der Waals surface area (Å²) in [5, 5.41) is 5.35. The molecule has 7 heteroatoms. The quantitative estimate of drug-likeness (QED) is 0.118. The summed E-state index contributed by atoms with van der Waals surface area (Å²) in [7, 11) is -1.50. The van der Waals surface area contributed by atoms with E-state index in [0.29, 0.717) is 0 Å². The second kappa shape index (κ2) is 18.8. The van der Waals surface area contributed by atoms with Crippen LogP contribution >= 0.6 is 0 Å². The molecule has 0 atom stereocenters. The SMILES string of the molecule is CC(C)c1cc(-c2cc[c]3c(c2)[Si](C)(C)C[CH2][Ge]3([CH3])[CH3])cc(C(C)C)c1-n1c(-c2[c-]ccc3c2oc2cc(-c4ccccc4)ccc23)nc2ccccc21.[Ir].[c-]1ccccc1-c1ccccn1. The third-order valence-corrected chi connectivity index (χ3v) is 25.9. The topological polar surface area (TPSA) is 43.9 Å². The molecule has 10 aromatic rings. The molecule has 0 saturated heterocycles.